The summed E-state index contributed by atoms with van der Waals surface area (Å²) in [4.78, 5) is 22.3. The van der Waals surface area contributed by atoms with Crippen molar-refractivity contribution in [3.63, 3.8) is 0 Å². The van der Waals surface area contributed by atoms with E-state index in [0.717, 1.165) is 35.4 Å². The zero-order chi connectivity index (χ0) is 25.8. The Hall–Kier alpha value is -2.82. The van der Waals surface area contributed by atoms with Crippen molar-refractivity contribution < 1.29 is 0 Å². The molecule has 0 fully saturated rings. The molecule has 0 aliphatic carbocycles. The first-order chi connectivity index (χ1) is 16.1. The largest absolute Gasteiger partial charge is 0.361 e. The van der Waals surface area contributed by atoms with Gasteiger partial charge in [0.15, 0.2) is 0 Å². The topological polar surface area (TPSA) is 67.3 Å². The highest BCUT2D eigenvalue weighted by Gasteiger charge is 2.33. The first-order valence-electron chi connectivity index (χ1n) is 12.7. The van der Waals surface area contributed by atoms with Gasteiger partial charge in [0, 0.05) is 27.9 Å². The molecule has 1 N–H and O–H groups in total. The van der Waals surface area contributed by atoms with Crippen LogP contribution in [0.2, 0.25) is 0 Å². The molecule has 0 aliphatic heterocycles. The van der Waals surface area contributed by atoms with Crippen molar-refractivity contribution in [1.29, 1.82) is 0 Å². The lowest BCUT2D eigenvalue weighted by molar-refractivity contribution is 0.369. The van der Waals surface area contributed by atoms with Crippen molar-refractivity contribution in [2.75, 3.05) is 0 Å². The smallest absolute Gasteiger partial charge is 0.134 e. The number of hydrogen-bond donors (Lipinski definition) is 1. The van der Waals surface area contributed by atoms with E-state index in [1.165, 1.54) is 22.0 Å². The zero-order valence-electron chi connectivity index (χ0n) is 23.2. The second kappa shape index (κ2) is 8.39. The van der Waals surface area contributed by atoms with Gasteiger partial charge in [-0.15, -0.1) is 0 Å². The van der Waals surface area contributed by atoms with E-state index in [2.05, 4.69) is 109 Å². The maximum Gasteiger partial charge on any atom is 0.134 e. The highest BCUT2D eigenvalue weighted by molar-refractivity contribution is 5.87. The number of para-hydroxylation sites is 1. The quantitative estimate of drug-likeness (QED) is 0.326. The van der Waals surface area contributed by atoms with Gasteiger partial charge in [0.1, 0.15) is 23.2 Å². The number of aromatic nitrogens is 5. The lowest BCUT2D eigenvalue weighted by Gasteiger charge is -2.32. The van der Waals surface area contributed by atoms with Gasteiger partial charge < -0.3 is 4.98 Å². The minimum atomic E-state index is -0.174. The van der Waals surface area contributed by atoms with E-state index in [1.807, 2.05) is 6.20 Å². The number of benzene rings is 1. The number of rotatable bonds is 5. The summed E-state index contributed by atoms with van der Waals surface area (Å²) in [6.07, 6.45) is 7.59. The molecule has 5 nitrogen and oxygen atoms in total. The molecule has 0 saturated heterocycles. The van der Waals surface area contributed by atoms with E-state index in [1.54, 1.807) is 6.33 Å². The highest BCUT2D eigenvalue weighted by atomic mass is 15.0. The summed E-state index contributed by atoms with van der Waals surface area (Å²) in [6, 6.07) is 6.73. The fraction of sp³-hybridized carbons (Fsp3) is 0.533. The number of nitrogens with one attached hydrogen (secondary N) is 1. The molecule has 4 rings (SSSR count). The summed E-state index contributed by atoms with van der Waals surface area (Å²) in [5, 5.41) is 1.33. The first-order valence-corrected chi connectivity index (χ1v) is 12.7. The molecular formula is C30H41N5. The standard InChI is InChI=1S/C30H41N5/c1-27(2,3)21-16-32-23-19(21)12-11-13-20(23)29(7,8)14-15-30(9,10)25-24-22(17-31-18-33-24)34-26(35-25)28(4,5)6/h11-13,16-18,32H,14-15H2,1-10H3. The van der Waals surface area contributed by atoms with Gasteiger partial charge >= 0.3 is 0 Å². The summed E-state index contributed by atoms with van der Waals surface area (Å²) >= 11 is 0. The number of aromatic amines is 1. The molecule has 0 radical (unpaired) electrons. The Morgan fingerprint density at radius 1 is 0.771 bits per heavy atom. The molecule has 35 heavy (non-hydrogen) atoms. The van der Waals surface area contributed by atoms with Crippen LogP contribution in [-0.2, 0) is 21.7 Å². The maximum absolute atomic E-state index is 5.09. The van der Waals surface area contributed by atoms with Crippen molar-refractivity contribution in [1.82, 2.24) is 24.9 Å². The minimum absolute atomic E-state index is 0.0124. The molecule has 4 aromatic rings. The van der Waals surface area contributed by atoms with Crippen molar-refractivity contribution in [2.45, 2.75) is 104 Å². The second-order valence-corrected chi connectivity index (χ2v) is 13.4. The third-order valence-corrected chi connectivity index (χ3v) is 7.30. The summed E-state index contributed by atoms with van der Waals surface area (Å²) in [5.41, 5.74) is 6.45. The SMILES string of the molecule is CC(C)(C)c1nc(C(C)(C)CCC(C)(C)c2cccc3c(C(C)(C)C)c[nH]c23)c2ncncc2n1. The number of fused-ring (bicyclic) bond motifs is 2. The number of hydrogen-bond acceptors (Lipinski definition) is 4. The number of H-pyrrole nitrogens is 1. The van der Waals surface area contributed by atoms with Crippen LogP contribution in [0.5, 0.6) is 0 Å². The van der Waals surface area contributed by atoms with Crippen molar-refractivity contribution in [3.8, 4) is 0 Å². The lowest BCUT2D eigenvalue weighted by atomic mass is 9.73. The summed E-state index contributed by atoms with van der Waals surface area (Å²) in [6.45, 7) is 22.6. The van der Waals surface area contributed by atoms with Gasteiger partial charge in [-0.2, -0.15) is 0 Å². The van der Waals surface area contributed by atoms with Gasteiger partial charge in [-0.3, -0.25) is 0 Å². The van der Waals surface area contributed by atoms with Crippen LogP contribution in [-0.4, -0.2) is 24.9 Å². The van der Waals surface area contributed by atoms with Gasteiger partial charge in [-0.25, -0.2) is 19.9 Å². The molecule has 5 heteroatoms. The molecule has 3 aromatic heterocycles. The van der Waals surface area contributed by atoms with Crippen molar-refractivity contribution >= 4 is 21.9 Å². The number of nitrogens with zero attached hydrogens (tertiary/aromatic N) is 4. The predicted molar refractivity (Wildman–Crippen MR) is 146 cm³/mol. The molecule has 0 saturated carbocycles. The minimum Gasteiger partial charge on any atom is -0.361 e. The van der Waals surface area contributed by atoms with Gasteiger partial charge in [-0.05, 0) is 34.8 Å². The summed E-state index contributed by atoms with van der Waals surface area (Å²) in [5.74, 6) is 0.841. The van der Waals surface area contributed by atoms with Crippen LogP contribution in [0, 0.1) is 0 Å². The summed E-state index contributed by atoms with van der Waals surface area (Å²) < 4.78 is 0. The summed E-state index contributed by atoms with van der Waals surface area (Å²) in [7, 11) is 0. The van der Waals surface area contributed by atoms with E-state index in [0.29, 0.717) is 0 Å². The Morgan fingerprint density at radius 2 is 1.46 bits per heavy atom. The van der Waals surface area contributed by atoms with Crippen LogP contribution in [0.25, 0.3) is 21.9 Å². The molecule has 0 bridgehead atoms. The van der Waals surface area contributed by atoms with Crippen LogP contribution < -0.4 is 0 Å². The Morgan fingerprint density at radius 3 is 2.11 bits per heavy atom. The van der Waals surface area contributed by atoms with Crippen molar-refractivity contribution in [2.24, 2.45) is 0 Å². The van der Waals surface area contributed by atoms with Crippen LogP contribution in [0.4, 0.5) is 0 Å². The molecule has 0 aliphatic rings. The van der Waals surface area contributed by atoms with Crippen LogP contribution in [0.15, 0.2) is 36.9 Å². The fourth-order valence-corrected chi connectivity index (χ4v) is 4.91. The highest BCUT2D eigenvalue weighted by Crippen LogP contribution is 2.41. The fourth-order valence-electron chi connectivity index (χ4n) is 4.91. The Bertz CT molecular complexity index is 1360. The Kier molecular flexibility index (Phi) is 6.06. The average Bonchev–Trinajstić information content (AvgIpc) is 3.21. The van der Waals surface area contributed by atoms with Gasteiger partial charge in [0.25, 0.3) is 0 Å². The normalized spacial score (nSPS) is 13.7. The molecule has 186 valence electrons. The molecule has 1 aromatic carbocycles. The average molecular weight is 472 g/mol. The van der Waals surface area contributed by atoms with Crippen LogP contribution in [0.1, 0.15) is 105 Å². The van der Waals surface area contributed by atoms with E-state index >= 15 is 0 Å². The first kappa shape index (κ1) is 25.3. The lowest BCUT2D eigenvalue weighted by Crippen LogP contribution is -2.28. The van der Waals surface area contributed by atoms with E-state index in [4.69, 9.17) is 9.97 Å². The van der Waals surface area contributed by atoms with Crippen LogP contribution >= 0.6 is 0 Å². The van der Waals surface area contributed by atoms with Crippen LogP contribution in [0.3, 0.4) is 0 Å². The maximum atomic E-state index is 5.09. The second-order valence-electron chi connectivity index (χ2n) is 13.4. The monoisotopic (exact) mass is 471 g/mol. The van der Waals surface area contributed by atoms with Gasteiger partial charge in [-0.1, -0.05) is 87.4 Å². The zero-order valence-corrected chi connectivity index (χ0v) is 23.2. The predicted octanol–water partition coefficient (Wildman–Crippen LogP) is 7.53. The molecule has 0 amide bonds. The van der Waals surface area contributed by atoms with E-state index in [9.17, 15) is 0 Å². The molecule has 3 heterocycles. The third kappa shape index (κ3) is 4.82. The molecular weight excluding hydrogens is 430 g/mol. The Labute approximate surface area is 210 Å². The van der Waals surface area contributed by atoms with Gasteiger partial charge in [0.05, 0.1) is 11.9 Å². The van der Waals surface area contributed by atoms with Crippen molar-refractivity contribution in [3.05, 3.63) is 59.6 Å². The van der Waals surface area contributed by atoms with E-state index in [-0.39, 0.29) is 21.7 Å². The van der Waals surface area contributed by atoms with Gasteiger partial charge in [0.2, 0.25) is 0 Å². The third-order valence-electron chi connectivity index (χ3n) is 7.30. The van der Waals surface area contributed by atoms with E-state index < -0.39 is 0 Å². The Balaban J connectivity index is 1.71. The molecule has 0 spiro atoms. The molecule has 0 unspecified atom stereocenters. The molecule has 0 atom stereocenters.